The number of ether oxygens (including phenoxy) is 2. The Morgan fingerprint density at radius 3 is 2.05 bits per heavy atom. The monoisotopic (exact) mass is 516 g/mol. The number of nitrogens with zero attached hydrogens (tertiary/aromatic N) is 4. The molecule has 6 nitrogen and oxygen atoms in total. The molecule has 0 saturated carbocycles. The Bertz CT molecular complexity index is 1600. The average Bonchev–Trinajstić information content (AvgIpc) is 3.27. The lowest BCUT2D eigenvalue weighted by molar-refractivity contribution is 0.309. The molecule has 0 aliphatic carbocycles. The number of rotatable bonds is 10. The van der Waals surface area contributed by atoms with Crippen molar-refractivity contribution in [1.82, 2.24) is 19.6 Å². The molecule has 5 aromatic rings. The smallest absolute Gasteiger partial charge is 0.183 e. The third-order valence-corrected chi connectivity index (χ3v) is 6.45. The predicted molar refractivity (Wildman–Crippen MR) is 145 cm³/mol. The Labute approximate surface area is 220 Å². The van der Waals surface area contributed by atoms with Gasteiger partial charge < -0.3 is 9.47 Å². The second-order valence-corrected chi connectivity index (χ2v) is 9.27. The average molecular weight is 517 g/mol. The van der Waals surface area contributed by atoms with Crippen molar-refractivity contribution in [2.24, 2.45) is 0 Å². The van der Waals surface area contributed by atoms with Gasteiger partial charge in [-0.25, -0.2) is 13.8 Å². The minimum absolute atomic E-state index is 0.291. The Morgan fingerprint density at radius 2 is 1.39 bits per heavy atom. The molecular weight excluding hydrogens is 486 g/mol. The fourth-order valence-corrected chi connectivity index (χ4v) is 4.35. The number of benzene rings is 3. The van der Waals surface area contributed by atoms with E-state index in [1.807, 2.05) is 6.07 Å². The van der Waals surface area contributed by atoms with Crippen molar-refractivity contribution in [3.05, 3.63) is 71.9 Å². The number of hydrogen-bond acceptors (Lipinski definition) is 5. The van der Waals surface area contributed by atoms with Gasteiger partial charge in [0.15, 0.2) is 5.65 Å². The highest BCUT2D eigenvalue weighted by molar-refractivity contribution is 5.85. The highest BCUT2D eigenvalue weighted by Crippen LogP contribution is 2.33. The zero-order valence-corrected chi connectivity index (χ0v) is 21.8. The molecule has 0 saturated heterocycles. The number of imidazole rings is 1. The summed E-state index contributed by atoms with van der Waals surface area (Å²) in [5.74, 6) is 0.761. The molecule has 0 atom stereocenters. The van der Waals surface area contributed by atoms with Gasteiger partial charge >= 0.3 is 0 Å². The summed E-state index contributed by atoms with van der Waals surface area (Å²) < 4.78 is 43.5. The summed E-state index contributed by atoms with van der Waals surface area (Å²) in [6.45, 7) is 7.10. The van der Waals surface area contributed by atoms with E-state index in [1.165, 1.54) is 12.1 Å². The van der Waals surface area contributed by atoms with Gasteiger partial charge in [0.1, 0.15) is 34.5 Å². The molecule has 0 bridgehead atoms. The number of unbranched alkanes of at least 4 members (excludes halogenated alkanes) is 2. The lowest BCUT2D eigenvalue weighted by Gasteiger charge is -2.11. The SMILES string of the molecule is CCCCOc1ccc(F)c(-c2ccc3nnc4c(C)nc(-c5cc(OCCCC)ccc5F)n4c3c2)c1. The van der Waals surface area contributed by atoms with Crippen LogP contribution in [0.3, 0.4) is 0 Å². The Balaban J connectivity index is 1.65. The van der Waals surface area contributed by atoms with Gasteiger partial charge in [0.2, 0.25) is 0 Å². The standard InChI is InChI=1S/C30H30F2N4O2/c1-4-6-14-37-21-9-11-25(31)23(17-21)20-8-13-27-28(16-20)36-29(35-34-27)19(3)33-30(36)24-18-22(10-12-26(24)32)38-15-7-5-2/h8-13,16-18H,4-7,14-15H2,1-3H3. The molecule has 3 aromatic carbocycles. The summed E-state index contributed by atoms with van der Waals surface area (Å²) in [4.78, 5) is 4.66. The van der Waals surface area contributed by atoms with Gasteiger partial charge in [0.05, 0.1) is 30.0 Å². The molecule has 0 radical (unpaired) electrons. The van der Waals surface area contributed by atoms with Gasteiger partial charge in [-0.2, -0.15) is 0 Å². The summed E-state index contributed by atoms with van der Waals surface area (Å²) in [6, 6.07) is 14.8. The maximum Gasteiger partial charge on any atom is 0.183 e. The molecule has 2 heterocycles. The van der Waals surface area contributed by atoms with Gasteiger partial charge in [0.25, 0.3) is 0 Å². The van der Waals surface area contributed by atoms with Crippen molar-refractivity contribution >= 4 is 16.7 Å². The van der Waals surface area contributed by atoms with E-state index in [2.05, 4.69) is 29.0 Å². The van der Waals surface area contributed by atoms with Crippen LogP contribution in [-0.4, -0.2) is 32.8 Å². The van der Waals surface area contributed by atoms with Crippen molar-refractivity contribution in [1.29, 1.82) is 0 Å². The largest absolute Gasteiger partial charge is 0.494 e. The fourth-order valence-electron chi connectivity index (χ4n) is 4.35. The molecule has 0 unspecified atom stereocenters. The molecule has 0 aliphatic rings. The zero-order chi connectivity index (χ0) is 26.6. The third kappa shape index (κ3) is 5.03. The van der Waals surface area contributed by atoms with E-state index in [9.17, 15) is 4.39 Å². The number of aromatic nitrogens is 4. The van der Waals surface area contributed by atoms with Crippen LogP contribution in [0.4, 0.5) is 8.78 Å². The van der Waals surface area contributed by atoms with Crippen molar-refractivity contribution < 1.29 is 18.3 Å². The van der Waals surface area contributed by atoms with Crippen molar-refractivity contribution in [2.75, 3.05) is 13.2 Å². The molecule has 8 heteroatoms. The lowest BCUT2D eigenvalue weighted by atomic mass is 10.0. The molecule has 0 amide bonds. The summed E-state index contributed by atoms with van der Waals surface area (Å²) in [5, 5.41) is 8.69. The van der Waals surface area contributed by atoms with Gasteiger partial charge in [-0.1, -0.05) is 32.8 Å². The third-order valence-electron chi connectivity index (χ3n) is 6.45. The Kier molecular flexibility index (Phi) is 7.49. The summed E-state index contributed by atoms with van der Waals surface area (Å²) in [6.07, 6.45) is 3.84. The first-order chi connectivity index (χ1) is 18.5. The highest BCUT2D eigenvalue weighted by Gasteiger charge is 2.19. The van der Waals surface area contributed by atoms with Gasteiger partial charge in [-0.3, -0.25) is 4.40 Å². The van der Waals surface area contributed by atoms with Crippen LogP contribution in [-0.2, 0) is 0 Å². The number of hydrogen-bond donors (Lipinski definition) is 0. The normalized spacial score (nSPS) is 11.4. The van der Waals surface area contributed by atoms with Crippen molar-refractivity contribution in [3.63, 3.8) is 0 Å². The van der Waals surface area contributed by atoms with E-state index in [0.29, 0.717) is 69.6 Å². The summed E-state index contributed by atoms with van der Waals surface area (Å²) in [5.41, 5.74) is 3.65. The molecule has 38 heavy (non-hydrogen) atoms. The van der Waals surface area contributed by atoms with Crippen molar-refractivity contribution in [3.8, 4) is 34.0 Å². The van der Waals surface area contributed by atoms with Gasteiger partial charge in [0, 0.05) is 5.56 Å². The maximum absolute atomic E-state index is 15.1. The maximum atomic E-state index is 15.1. The quantitative estimate of drug-likeness (QED) is 0.179. The number of halogens is 2. The first-order valence-corrected chi connectivity index (χ1v) is 13.0. The molecule has 0 N–H and O–H groups in total. The molecule has 0 aliphatic heterocycles. The van der Waals surface area contributed by atoms with E-state index in [-0.39, 0.29) is 5.82 Å². The second-order valence-electron chi connectivity index (χ2n) is 9.27. The van der Waals surface area contributed by atoms with E-state index in [0.717, 1.165) is 25.7 Å². The van der Waals surface area contributed by atoms with Crippen LogP contribution >= 0.6 is 0 Å². The van der Waals surface area contributed by atoms with E-state index in [4.69, 9.17) is 9.47 Å². The zero-order valence-electron chi connectivity index (χ0n) is 21.8. The van der Waals surface area contributed by atoms with E-state index in [1.54, 1.807) is 47.7 Å². The van der Waals surface area contributed by atoms with Gasteiger partial charge in [-0.15, -0.1) is 10.2 Å². The van der Waals surface area contributed by atoms with Crippen LogP contribution in [0.2, 0.25) is 0 Å². The van der Waals surface area contributed by atoms with Crippen LogP contribution in [0.5, 0.6) is 11.5 Å². The topological polar surface area (TPSA) is 61.5 Å². The first kappa shape index (κ1) is 25.6. The van der Waals surface area contributed by atoms with E-state index < -0.39 is 5.82 Å². The molecule has 196 valence electrons. The molecule has 5 rings (SSSR count). The molecule has 2 aromatic heterocycles. The number of aryl methyl sites for hydroxylation is 1. The van der Waals surface area contributed by atoms with Gasteiger partial charge in [-0.05, 0) is 73.9 Å². The second kappa shape index (κ2) is 11.1. The first-order valence-electron chi connectivity index (χ1n) is 13.0. The Hall–Kier alpha value is -4.07. The molecule has 0 spiro atoms. The van der Waals surface area contributed by atoms with Crippen LogP contribution in [0, 0.1) is 18.6 Å². The number of fused-ring (bicyclic) bond motifs is 3. The minimum atomic E-state index is -0.427. The highest BCUT2D eigenvalue weighted by atomic mass is 19.1. The van der Waals surface area contributed by atoms with Crippen LogP contribution < -0.4 is 9.47 Å². The summed E-state index contributed by atoms with van der Waals surface area (Å²) >= 11 is 0. The lowest BCUT2D eigenvalue weighted by Crippen LogP contribution is -2.01. The van der Waals surface area contributed by atoms with Crippen LogP contribution in [0.1, 0.15) is 45.2 Å². The van der Waals surface area contributed by atoms with Crippen molar-refractivity contribution in [2.45, 2.75) is 46.5 Å². The fraction of sp³-hybridized carbons (Fsp3) is 0.300. The van der Waals surface area contributed by atoms with Crippen LogP contribution in [0.25, 0.3) is 39.2 Å². The van der Waals surface area contributed by atoms with Crippen LogP contribution in [0.15, 0.2) is 54.6 Å². The Morgan fingerprint density at radius 1 is 0.763 bits per heavy atom. The van der Waals surface area contributed by atoms with E-state index >= 15 is 4.39 Å². The molecular formula is C30H30F2N4O2. The minimum Gasteiger partial charge on any atom is -0.494 e. The summed E-state index contributed by atoms with van der Waals surface area (Å²) in [7, 11) is 0. The molecule has 0 fully saturated rings. The predicted octanol–water partition coefficient (Wildman–Crippen LogP) is 7.56.